The lowest BCUT2D eigenvalue weighted by Gasteiger charge is -2.27. The van der Waals surface area contributed by atoms with E-state index < -0.39 is 0 Å². The average Bonchev–Trinajstić information content (AvgIpc) is 2.82. The molecular weight excluding hydrogens is 270 g/mol. The number of H-pyrrole nitrogens is 1. The van der Waals surface area contributed by atoms with E-state index in [1.165, 1.54) is 43.4 Å². The molecule has 0 aliphatic carbocycles. The molecule has 0 spiro atoms. The summed E-state index contributed by atoms with van der Waals surface area (Å²) in [6.07, 6.45) is 4.71. The summed E-state index contributed by atoms with van der Waals surface area (Å²) in [5.74, 6) is 0.834. The molecule has 1 fully saturated rings. The topological polar surface area (TPSA) is 31.1 Å². The number of piperidine rings is 1. The van der Waals surface area contributed by atoms with Crippen LogP contribution in [0.25, 0.3) is 10.9 Å². The number of nitrogens with one attached hydrogen (secondary N) is 2. The van der Waals surface area contributed by atoms with Gasteiger partial charge in [-0.3, -0.25) is 0 Å². The van der Waals surface area contributed by atoms with E-state index in [0.29, 0.717) is 0 Å². The standard InChI is InChI=1S/C16H22ClN3/c1-20(10-12-4-6-18-7-5-12)11-13-9-19-16-8-14(17)2-3-15(13)16/h2-3,8-9,12,18-19H,4-7,10-11H2,1H3. The van der Waals surface area contributed by atoms with E-state index in [1.54, 1.807) is 0 Å². The predicted molar refractivity (Wildman–Crippen MR) is 85.2 cm³/mol. The lowest BCUT2D eigenvalue weighted by Crippen LogP contribution is -2.34. The molecule has 4 heteroatoms. The van der Waals surface area contributed by atoms with Gasteiger partial charge in [-0.1, -0.05) is 17.7 Å². The molecule has 1 aromatic heterocycles. The normalized spacial score (nSPS) is 17.1. The number of aromatic nitrogens is 1. The molecule has 0 amide bonds. The fraction of sp³-hybridized carbons (Fsp3) is 0.500. The van der Waals surface area contributed by atoms with Crippen LogP contribution in [0.4, 0.5) is 0 Å². The van der Waals surface area contributed by atoms with Crippen LogP contribution in [0.15, 0.2) is 24.4 Å². The molecule has 20 heavy (non-hydrogen) atoms. The number of fused-ring (bicyclic) bond motifs is 1. The van der Waals surface area contributed by atoms with Crippen LogP contribution in [0.2, 0.25) is 5.02 Å². The molecule has 0 atom stereocenters. The first kappa shape index (κ1) is 13.9. The Morgan fingerprint density at radius 1 is 1.30 bits per heavy atom. The van der Waals surface area contributed by atoms with Crippen molar-refractivity contribution in [2.24, 2.45) is 5.92 Å². The molecule has 1 aromatic carbocycles. The molecule has 108 valence electrons. The highest BCUT2D eigenvalue weighted by atomic mass is 35.5. The highest BCUT2D eigenvalue weighted by molar-refractivity contribution is 6.31. The maximum Gasteiger partial charge on any atom is 0.0472 e. The summed E-state index contributed by atoms with van der Waals surface area (Å²) in [5.41, 5.74) is 2.48. The third kappa shape index (κ3) is 3.17. The second-order valence-electron chi connectivity index (χ2n) is 5.89. The summed E-state index contributed by atoms with van der Waals surface area (Å²) in [6.45, 7) is 4.52. The highest BCUT2D eigenvalue weighted by Crippen LogP contribution is 2.23. The maximum atomic E-state index is 6.03. The number of hydrogen-bond donors (Lipinski definition) is 2. The Morgan fingerprint density at radius 2 is 2.10 bits per heavy atom. The van der Waals surface area contributed by atoms with E-state index in [0.717, 1.165) is 23.0 Å². The number of benzene rings is 1. The Morgan fingerprint density at radius 3 is 2.90 bits per heavy atom. The van der Waals surface area contributed by atoms with Crippen LogP contribution in [-0.2, 0) is 6.54 Å². The lowest BCUT2D eigenvalue weighted by molar-refractivity contribution is 0.235. The van der Waals surface area contributed by atoms with Gasteiger partial charge < -0.3 is 15.2 Å². The van der Waals surface area contributed by atoms with Gasteiger partial charge in [0.1, 0.15) is 0 Å². The van der Waals surface area contributed by atoms with Gasteiger partial charge in [0, 0.05) is 35.2 Å². The van der Waals surface area contributed by atoms with E-state index in [-0.39, 0.29) is 0 Å². The highest BCUT2D eigenvalue weighted by Gasteiger charge is 2.15. The van der Waals surface area contributed by atoms with E-state index in [4.69, 9.17) is 11.6 Å². The molecule has 0 unspecified atom stereocenters. The second-order valence-corrected chi connectivity index (χ2v) is 6.33. The zero-order chi connectivity index (χ0) is 13.9. The van der Waals surface area contributed by atoms with Crippen molar-refractivity contribution in [3.05, 3.63) is 35.0 Å². The Bertz CT molecular complexity index is 572. The van der Waals surface area contributed by atoms with Crippen molar-refractivity contribution >= 4 is 22.5 Å². The van der Waals surface area contributed by atoms with Crippen LogP contribution in [0.5, 0.6) is 0 Å². The Kier molecular flexibility index (Phi) is 4.29. The lowest BCUT2D eigenvalue weighted by atomic mass is 9.97. The van der Waals surface area contributed by atoms with Crippen LogP contribution in [0, 0.1) is 5.92 Å². The fourth-order valence-electron chi connectivity index (χ4n) is 3.15. The molecule has 1 aliphatic rings. The fourth-order valence-corrected chi connectivity index (χ4v) is 3.32. The minimum Gasteiger partial charge on any atom is -0.361 e. The molecule has 0 bridgehead atoms. The van der Waals surface area contributed by atoms with Gasteiger partial charge >= 0.3 is 0 Å². The molecular formula is C16H22ClN3. The van der Waals surface area contributed by atoms with Gasteiger partial charge in [0.05, 0.1) is 0 Å². The molecule has 0 radical (unpaired) electrons. The zero-order valence-electron chi connectivity index (χ0n) is 12.0. The molecule has 2 N–H and O–H groups in total. The van der Waals surface area contributed by atoms with Crippen molar-refractivity contribution in [1.29, 1.82) is 0 Å². The van der Waals surface area contributed by atoms with Crippen molar-refractivity contribution in [3.63, 3.8) is 0 Å². The molecule has 0 saturated carbocycles. The number of hydrogen-bond acceptors (Lipinski definition) is 2. The van der Waals surface area contributed by atoms with Crippen LogP contribution in [0.1, 0.15) is 18.4 Å². The zero-order valence-corrected chi connectivity index (χ0v) is 12.7. The van der Waals surface area contributed by atoms with Crippen molar-refractivity contribution in [3.8, 4) is 0 Å². The van der Waals surface area contributed by atoms with Crippen molar-refractivity contribution in [2.45, 2.75) is 19.4 Å². The van der Waals surface area contributed by atoms with Crippen LogP contribution in [0.3, 0.4) is 0 Å². The van der Waals surface area contributed by atoms with Gasteiger partial charge in [0.25, 0.3) is 0 Å². The third-order valence-electron chi connectivity index (χ3n) is 4.20. The SMILES string of the molecule is CN(Cc1c[nH]c2cc(Cl)ccc12)CC1CCNCC1. The number of aromatic amines is 1. The second kappa shape index (κ2) is 6.17. The first-order valence-corrected chi connectivity index (χ1v) is 7.75. The third-order valence-corrected chi connectivity index (χ3v) is 4.43. The minimum absolute atomic E-state index is 0.786. The molecule has 3 nitrogen and oxygen atoms in total. The summed E-state index contributed by atoms with van der Waals surface area (Å²) in [4.78, 5) is 5.75. The number of nitrogens with zero attached hydrogens (tertiary/aromatic N) is 1. The Hall–Kier alpha value is -1.03. The van der Waals surface area contributed by atoms with E-state index in [2.05, 4.69) is 34.5 Å². The van der Waals surface area contributed by atoms with Gasteiger partial charge in [0.15, 0.2) is 0 Å². The summed E-state index contributed by atoms with van der Waals surface area (Å²) < 4.78 is 0. The van der Waals surface area contributed by atoms with Gasteiger partial charge in [0.2, 0.25) is 0 Å². The molecule has 2 aromatic rings. The van der Waals surface area contributed by atoms with Crippen molar-refractivity contribution in [2.75, 3.05) is 26.7 Å². The average molecular weight is 292 g/mol. The first-order valence-electron chi connectivity index (χ1n) is 7.37. The van der Waals surface area contributed by atoms with Crippen LogP contribution >= 0.6 is 11.6 Å². The molecule has 3 rings (SSSR count). The van der Waals surface area contributed by atoms with E-state index in [1.807, 2.05) is 12.1 Å². The summed E-state index contributed by atoms with van der Waals surface area (Å²) in [6, 6.07) is 6.07. The Labute approximate surface area is 125 Å². The molecule has 1 aliphatic heterocycles. The van der Waals surface area contributed by atoms with Gasteiger partial charge in [-0.15, -0.1) is 0 Å². The Balaban J connectivity index is 1.66. The summed E-state index contributed by atoms with van der Waals surface area (Å²) in [7, 11) is 2.22. The first-order chi connectivity index (χ1) is 9.72. The molecule has 1 saturated heterocycles. The summed E-state index contributed by atoms with van der Waals surface area (Å²) >= 11 is 6.03. The van der Waals surface area contributed by atoms with Crippen LogP contribution in [-0.4, -0.2) is 36.6 Å². The number of rotatable bonds is 4. The largest absolute Gasteiger partial charge is 0.361 e. The molecule has 2 heterocycles. The van der Waals surface area contributed by atoms with Gasteiger partial charge in [-0.25, -0.2) is 0 Å². The maximum absolute atomic E-state index is 6.03. The van der Waals surface area contributed by atoms with E-state index in [9.17, 15) is 0 Å². The van der Waals surface area contributed by atoms with Gasteiger partial charge in [-0.05, 0) is 56.6 Å². The quantitative estimate of drug-likeness (QED) is 0.906. The van der Waals surface area contributed by atoms with Crippen LogP contribution < -0.4 is 5.32 Å². The summed E-state index contributed by atoms with van der Waals surface area (Å²) in [5, 5.41) is 5.50. The smallest absolute Gasteiger partial charge is 0.0472 e. The van der Waals surface area contributed by atoms with Crippen molar-refractivity contribution < 1.29 is 0 Å². The van der Waals surface area contributed by atoms with Crippen molar-refractivity contribution in [1.82, 2.24) is 15.2 Å². The number of halogens is 1. The van der Waals surface area contributed by atoms with Gasteiger partial charge in [-0.2, -0.15) is 0 Å². The minimum atomic E-state index is 0.786. The predicted octanol–water partition coefficient (Wildman–Crippen LogP) is 3.25. The monoisotopic (exact) mass is 291 g/mol. The van der Waals surface area contributed by atoms with E-state index >= 15 is 0 Å².